The van der Waals surface area contributed by atoms with Gasteiger partial charge in [-0.05, 0) is 66.5 Å². The summed E-state index contributed by atoms with van der Waals surface area (Å²) >= 11 is 6.73. The fraction of sp³-hybridized carbons (Fsp3) is 0.667. The van der Waals surface area contributed by atoms with Crippen LogP contribution in [0.2, 0.25) is 0 Å². The minimum atomic E-state index is -1.12. The number of imidazole rings is 1. The third-order valence-corrected chi connectivity index (χ3v) is 4.30. The van der Waals surface area contributed by atoms with E-state index in [2.05, 4.69) is 36.8 Å². The fourth-order valence-corrected chi connectivity index (χ4v) is 2.41. The highest BCUT2D eigenvalue weighted by Crippen LogP contribution is 2.25. The molecule has 1 atom stereocenters. The maximum atomic E-state index is 12.1. The second-order valence-corrected chi connectivity index (χ2v) is 7.25. The van der Waals surface area contributed by atoms with Crippen LogP contribution in [0.25, 0.3) is 0 Å². The number of aromatic nitrogens is 2. The zero-order valence-corrected chi connectivity index (χ0v) is 14.9. The molecule has 7 heteroatoms. The molecule has 0 amide bonds. The van der Waals surface area contributed by atoms with Crippen molar-refractivity contribution < 1.29 is 9.53 Å². The highest BCUT2D eigenvalue weighted by molar-refractivity contribution is 9.13. The summed E-state index contributed by atoms with van der Waals surface area (Å²) in [6, 6.07) is 0. The van der Waals surface area contributed by atoms with Gasteiger partial charge in [-0.25, -0.2) is 9.78 Å². The van der Waals surface area contributed by atoms with Crippen LogP contribution in [0, 0.1) is 6.92 Å². The molecule has 5 nitrogen and oxygen atoms in total. The van der Waals surface area contributed by atoms with Gasteiger partial charge in [0.25, 0.3) is 0 Å². The standard InChI is InChI=1S/C12H19Br2N3O2/c1-7-16-8(13)9(14)17(7)6-12(5,15)10(18)19-11(2,3)4/h6,15H2,1-5H3. The highest BCUT2D eigenvalue weighted by atomic mass is 79.9. The number of ether oxygens (including phenoxy) is 1. The summed E-state index contributed by atoms with van der Waals surface area (Å²) < 4.78 is 8.60. The van der Waals surface area contributed by atoms with Gasteiger partial charge in [-0.1, -0.05) is 0 Å². The van der Waals surface area contributed by atoms with Crippen molar-refractivity contribution in [1.82, 2.24) is 9.55 Å². The van der Waals surface area contributed by atoms with Gasteiger partial charge in [0.1, 0.15) is 26.2 Å². The summed E-state index contributed by atoms with van der Waals surface area (Å²) in [6.45, 7) is 9.23. The number of carbonyl (C=O) groups excluding carboxylic acids is 1. The van der Waals surface area contributed by atoms with Gasteiger partial charge in [-0.15, -0.1) is 0 Å². The summed E-state index contributed by atoms with van der Waals surface area (Å²) in [7, 11) is 0. The van der Waals surface area contributed by atoms with Crippen molar-refractivity contribution in [2.45, 2.75) is 52.3 Å². The van der Waals surface area contributed by atoms with Crippen molar-refractivity contribution >= 4 is 37.8 Å². The van der Waals surface area contributed by atoms with Crippen LogP contribution in [0.3, 0.4) is 0 Å². The van der Waals surface area contributed by atoms with Gasteiger partial charge in [0.05, 0.1) is 6.54 Å². The number of nitrogens with two attached hydrogens (primary N) is 1. The number of aryl methyl sites for hydroxylation is 1. The molecular weight excluding hydrogens is 378 g/mol. The van der Waals surface area contributed by atoms with E-state index in [9.17, 15) is 4.79 Å². The van der Waals surface area contributed by atoms with E-state index >= 15 is 0 Å². The first-order valence-electron chi connectivity index (χ1n) is 5.84. The number of rotatable bonds is 3. The van der Waals surface area contributed by atoms with Crippen molar-refractivity contribution in [3.63, 3.8) is 0 Å². The number of carbonyl (C=O) groups is 1. The van der Waals surface area contributed by atoms with E-state index in [1.165, 1.54) is 0 Å². The van der Waals surface area contributed by atoms with Crippen LogP contribution in [-0.4, -0.2) is 26.7 Å². The lowest BCUT2D eigenvalue weighted by molar-refractivity contribution is -0.161. The molecule has 2 N–H and O–H groups in total. The van der Waals surface area contributed by atoms with E-state index in [0.717, 1.165) is 10.4 Å². The summed E-state index contributed by atoms with van der Waals surface area (Å²) in [5, 5.41) is 0. The number of esters is 1. The molecule has 0 radical (unpaired) electrons. The molecule has 108 valence electrons. The smallest absolute Gasteiger partial charge is 0.328 e. The fourth-order valence-electron chi connectivity index (χ4n) is 1.47. The Hall–Kier alpha value is -0.400. The first-order valence-corrected chi connectivity index (χ1v) is 7.43. The predicted molar refractivity (Wildman–Crippen MR) is 80.8 cm³/mol. The van der Waals surface area contributed by atoms with Crippen LogP contribution < -0.4 is 5.73 Å². The normalized spacial score (nSPS) is 15.2. The summed E-state index contributed by atoms with van der Waals surface area (Å²) in [5.74, 6) is 0.329. The SMILES string of the molecule is Cc1nc(Br)c(Br)n1CC(C)(N)C(=O)OC(C)(C)C. The molecule has 0 aliphatic heterocycles. The number of halogens is 2. The Balaban J connectivity index is 2.93. The molecule has 0 saturated carbocycles. The van der Waals surface area contributed by atoms with E-state index in [0.29, 0.717) is 4.60 Å². The molecule has 0 aromatic carbocycles. The van der Waals surface area contributed by atoms with Crippen molar-refractivity contribution in [1.29, 1.82) is 0 Å². The molecule has 1 unspecified atom stereocenters. The van der Waals surface area contributed by atoms with E-state index in [4.69, 9.17) is 10.5 Å². The molecular formula is C12H19Br2N3O2. The topological polar surface area (TPSA) is 70.1 Å². The number of hydrogen-bond donors (Lipinski definition) is 1. The van der Waals surface area contributed by atoms with Crippen LogP contribution in [0.1, 0.15) is 33.5 Å². The third-order valence-electron chi connectivity index (χ3n) is 2.41. The first kappa shape index (κ1) is 16.7. The number of hydrogen-bond acceptors (Lipinski definition) is 4. The Morgan fingerprint density at radius 3 is 2.26 bits per heavy atom. The van der Waals surface area contributed by atoms with Crippen molar-refractivity contribution in [3.8, 4) is 0 Å². The Labute approximate surface area is 130 Å². The molecule has 0 bridgehead atoms. The minimum absolute atomic E-state index is 0.285. The molecule has 1 aromatic heterocycles. The summed E-state index contributed by atoms with van der Waals surface area (Å²) in [5.41, 5.74) is 4.41. The zero-order valence-electron chi connectivity index (χ0n) is 11.8. The molecule has 0 aliphatic carbocycles. The molecule has 0 saturated heterocycles. The molecule has 0 spiro atoms. The van der Waals surface area contributed by atoms with Gasteiger partial charge < -0.3 is 15.0 Å². The average Bonchev–Trinajstić information content (AvgIpc) is 2.42. The second kappa shape index (κ2) is 5.54. The van der Waals surface area contributed by atoms with Crippen LogP contribution >= 0.6 is 31.9 Å². The van der Waals surface area contributed by atoms with Crippen LogP contribution in [-0.2, 0) is 16.1 Å². The summed E-state index contributed by atoms with van der Waals surface area (Å²) in [4.78, 5) is 16.4. The van der Waals surface area contributed by atoms with Gasteiger partial charge in [0.15, 0.2) is 0 Å². The molecule has 1 heterocycles. The van der Waals surface area contributed by atoms with Crippen LogP contribution in [0.4, 0.5) is 0 Å². The van der Waals surface area contributed by atoms with E-state index in [-0.39, 0.29) is 6.54 Å². The quantitative estimate of drug-likeness (QED) is 0.797. The van der Waals surface area contributed by atoms with Crippen LogP contribution in [0.5, 0.6) is 0 Å². The van der Waals surface area contributed by atoms with Gasteiger partial charge in [0.2, 0.25) is 0 Å². The Morgan fingerprint density at radius 2 is 1.89 bits per heavy atom. The Morgan fingerprint density at radius 1 is 1.37 bits per heavy atom. The maximum absolute atomic E-state index is 12.1. The van der Waals surface area contributed by atoms with Crippen molar-refractivity contribution in [2.24, 2.45) is 5.73 Å². The van der Waals surface area contributed by atoms with Crippen LogP contribution in [0.15, 0.2) is 9.21 Å². The van der Waals surface area contributed by atoms with Crippen molar-refractivity contribution in [3.05, 3.63) is 15.0 Å². The first-order chi connectivity index (χ1) is 8.44. The lowest BCUT2D eigenvalue weighted by Crippen LogP contribution is -2.51. The lowest BCUT2D eigenvalue weighted by atomic mass is 10.0. The van der Waals surface area contributed by atoms with E-state index < -0.39 is 17.1 Å². The third kappa shape index (κ3) is 4.29. The second-order valence-electron chi connectivity index (χ2n) is 5.75. The summed E-state index contributed by atoms with van der Waals surface area (Å²) in [6.07, 6.45) is 0. The highest BCUT2D eigenvalue weighted by Gasteiger charge is 2.34. The Bertz CT molecular complexity index is 490. The zero-order chi connectivity index (χ0) is 15.0. The monoisotopic (exact) mass is 395 g/mol. The minimum Gasteiger partial charge on any atom is -0.459 e. The lowest BCUT2D eigenvalue weighted by Gasteiger charge is -2.29. The predicted octanol–water partition coefficient (Wildman–Crippen LogP) is 2.78. The molecule has 1 aromatic rings. The molecule has 19 heavy (non-hydrogen) atoms. The molecule has 1 rings (SSSR count). The molecule has 0 aliphatic rings. The van der Waals surface area contributed by atoms with E-state index in [1.54, 1.807) is 6.92 Å². The van der Waals surface area contributed by atoms with Gasteiger partial charge >= 0.3 is 5.97 Å². The maximum Gasteiger partial charge on any atom is 0.328 e. The van der Waals surface area contributed by atoms with Crippen molar-refractivity contribution in [2.75, 3.05) is 0 Å². The largest absolute Gasteiger partial charge is 0.459 e. The average molecular weight is 397 g/mol. The van der Waals surface area contributed by atoms with Gasteiger partial charge in [-0.2, -0.15) is 0 Å². The van der Waals surface area contributed by atoms with Gasteiger partial charge in [0, 0.05) is 0 Å². The van der Waals surface area contributed by atoms with Gasteiger partial charge in [-0.3, -0.25) is 0 Å². The Kier molecular flexibility index (Phi) is 4.85. The number of nitrogens with zero attached hydrogens (tertiary/aromatic N) is 2. The molecule has 0 fully saturated rings. The van der Waals surface area contributed by atoms with E-state index in [1.807, 2.05) is 32.3 Å².